The van der Waals surface area contributed by atoms with E-state index >= 15 is 0 Å². The third-order valence-corrected chi connectivity index (χ3v) is 4.64. The van der Waals surface area contributed by atoms with Crippen molar-refractivity contribution in [2.75, 3.05) is 5.88 Å². The molecule has 1 aliphatic carbocycles. The molecule has 0 radical (unpaired) electrons. The van der Waals surface area contributed by atoms with Crippen molar-refractivity contribution in [1.82, 2.24) is 5.32 Å². The van der Waals surface area contributed by atoms with Gasteiger partial charge in [0.15, 0.2) is 11.5 Å². The van der Waals surface area contributed by atoms with Crippen LogP contribution in [0.5, 0.6) is 11.5 Å². The summed E-state index contributed by atoms with van der Waals surface area (Å²) >= 11 is 6.06. The molecule has 1 aliphatic rings. The van der Waals surface area contributed by atoms with Gasteiger partial charge < -0.3 is 15.5 Å². The predicted molar refractivity (Wildman–Crippen MR) is 78.3 cm³/mol. The van der Waals surface area contributed by atoms with Crippen LogP contribution < -0.4 is 5.32 Å². The fourth-order valence-electron chi connectivity index (χ4n) is 2.63. The maximum atomic E-state index is 12.3. The second-order valence-corrected chi connectivity index (χ2v) is 5.99. The molecule has 0 spiro atoms. The van der Waals surface area contributed by atoms with Gasteiger partial charge in [-0.15, -0.1) is 11.6 Å². The standard InChI is InChI=1S/C15H20ClNO3/c1-10-5-7-15(9-16,8-6-10)17-14(20)11-3-2-4-12(18)13(11)19/h2-4,10,18-19H,5-9H2,1H3,(H,17,20). The van der Waals surface area contributed by atoms with Crippen molar-refractivity contribution in [3.05, 3.63) is 23.8 Å². The lowest BCUT2D eigenvalue weighted by Crippen LogP contribution is -2.52. The van der Waals surface area contributed by atoms with Crippen molar-refractivity contribution in [1.29, 1.82) is 0 Å². The molecule has 1 aromatic carbocycles. The number of aromatic hydroxyl groups is 2. The van der Waals surface area contributed by atoms with E-state index in [9.17, 15) is 15.0 Å². The van der Waals surface area contributed by atoms with Crippen molar-refractivity contribution in [2.24, 2.45) is 5.92 Å². The van der Waals surface area contributed by atoms with Crippen LogP contribution in [0.15, 0.2) is 18.2 Å². The Morgan fingerprint density at radius 1 is 1.40 bits per heavy atom. The van der Waals surface area contributed by atoms with Crippen LogP contribution in [-0.2, 0) is 0 Å². The van der Waals surface area contributed by atoms with Gasteiger partial charge in [0.25, 0.3) is 5.91 Å². The first-order valence-electron chi connectivity index (χ1n) is 6.87. The Hall–Kier alpha value is -1.42. The Morgan fingerprint density at radius 3 is 2.65 bits per heavy atom. The number of carbonyl (C=O) groups excluding carboxylic acids is 1. The van der Waals surface area contributed by atoms with E-state index in [2.05, 4.69) is 12.2 Å². The highest BCUT2D eigenvalue weighted by Gasteiger charge is 2.35. The minimum Gasteiger partial charge on any atom is -0.504 e. The molecule has 1 amide bonds. The minimum absolute atomic E-state index is 0.0770. The van der Waals surface area contributed by atoms with Crippen molar-refractivity contribution < 1.29 is 15.0 Å². The zero-order valence-corrected chi connectivity index (χ0v) is 12.3. The van der Waals surface area contributed by atoms with Crippen molar-refractivity contribution >= 4 is 17.5 Å². The molecule has 0 heterocycles. The SMILES string of the molecule is CC1CCC(CCl)(NC(=O)c2cccc(O)c2O)CC1. The molecular weight excluding hydrogens is 278 g/mol. The molecule has 5 heteroatoms. The quantitative estimate of drug-likeness (QED) is 0.593. The zero-order valence-electron chi connectivity index (χ0n) is 11.5. The number of halogens is 1. The number of carbonyl (C=O) groups is 1. The average Bonchev–Trinajstić information content (AvgIpc) is 2.44. The van der Waals surface area contributed by atoms with E-state index in [0.717, 1.165) is 25.7 Å². The van der Waals surface area contributed by atoms with E-state index in [0.29, 0.717) is 11.8 Å². The lowest BCUT2D eigenvalue weighted by atomic mass is 9.78. The first-order chi connectivity index (χ1) is 9.47. The minimum atomic E-state index is -0.414. The van der Waals surface area contributed by atoms with Crippen molar-refractivity contribution in [2.45, 2.75) is 38.1 Å². The first kappa shape index (κ1) is 15.0. The number of alkyl halides is 1. The third-order valence-electron chi connectivity index (χ3n) is 4.13. The molecule has 3 N–H and O–H groups in total. The molecule has 0 saturated heterocycles. The van der Waals surface area contributed by atoms with Crippen molar-refractivity contribution in [3.8, 4) is 11.5 Å². The molecular formula is C15H20ClNO3. The maximum absolute atomic E-state index is 12.3. The molecule has 1 fully saturated rings. The van der Waals surface area contributed by atoms with Gasteiger partial charge in [-0.3, -0.25) is 4.79 Å². The average molecular weight is 298 g/mol. The summed E-state index contributed by atoms with van der Waals surface area (Å²) < 4.78 is 0. The highest BCUT2D eigenvalue weighted by atomic mass is 35.5. The summed E-state index contributed by atoms with van der Waals surface area (Å²) in [5.74, 6) is -0.0786. The summed E-state index contributed by atoms with van der Waals surface area (Å²) in [6.45, 7) is 2.20. The summed E-state index contributed by atoms with van der Waals surface area (Å²) in [6.07, 6.45) is 3.73. The lowest BCUT2D eigenvalue weighted by molar-refractivity contribution is 0.0869. The monoisotopic (exact) mass is 297 g/mol. The molecule has 0 aliphatic heterocycles. The molecule has 2 rings (SSSR count). The van der Waals surface area contributed by atoms with Crippen LogP contribution in [0.4, 0.5) is 0 Å². The molecule has 0 atom stereocenters. The van der Waals surface area contributed by atoms with Gasteiger partial charge >= 0.3 is 0 Å². The van der Waals surface area contributed by atoms with E-state index in [1.165, 1.54) is 18.2 Å². The third kappa shape index (κ3) is 3.01. The Labute approximate surface area is 123 Å². The smallest absolute Gasteiger partial charge is 0.255 e. The van der Waals surface area contributed by atoms with E-state index in [1.807, 2.05) is 0 Å². The normalized spacial score (nSPS) is 26.2. The van der Waals surface area contributed by atoms with Crippen LogP contribution in [0.1, 0.15) is 43.0 Å². The van der Waals surface area contributed by atoms with Crippen molar-refractivity contribution in [3.63, 3.8) is 0 Å². The van der Waals surface area contributed by atoms with Gasteiger partial charge in [-0.25, -0.2) is 0 Å². The number of phenols is 2. The summed E-state index contributed by atoms with van der Waals surface area (Å²) in [5.41, 5.74) is -0.337. The highest BCUT2D eigenvalue weighted by Crippen LogP contribution is 2.34. The van der Waals surface area contributed by atoms with Gasteiger partial charge in [-0.1, -0.05) is 13.0 Å². The highest BCUT2D eigenvalue weighted by molar-refractivity contribution is 6.19. The number of phenolic OH excluding ortho intramolecular Hbond substituents is 2. The summed E-state index contributed by atoms with van der Waals surface area (Å²) in [7, 11) is 0. The van der Waals surface area contributed by atoms with Crippen LogP contribution in [0, 0.1) is 5.92 Å². The number of amides is 1. The van der Waals surface area contributed by atoms with Gasteiger partial charge in [0.05, 0.1) is 11.1 Å². The molecule has 4 nitrogen and oxygen atoms in total. The van der Waals surface area contributed by atoms with E-state index in [1.54, 1.807) is 0 Å². The van der Waals surface area contributed by atoms with Crippen LogP contribution >= 0.6 is 11.6 Å². The van der Waals surface area contributed by atoms with Crippen LogP contribution in [0.25, 0.3) is 0 Å². The summed E-state index contributed by atoms with van der Waals surface area (Å²) in [4.78, 5) is 12.3. The number of hydrogen-bond donors (Lipinski definition) is 3. The van der Waals surface area contributed by atoms with Gasteiger partial charge in [0.2, 0.25) is 0 Å². The fraction of sp³-hybridized carbons (Fsp3) is 0.533. The Bertz CT molecular complexity index is 496. The largest absolute Gasteiger partial charge is 0.504 e. The molecule has 0 aromatic heterocycles. The van der Waals surface area contributed by atoms with E-state index in [-0.39, 0.29) is 17.1 Å². The maximum Gasteiger partial charge on any atom is 0.255 e. The molecule has 0 unspecified atom stereocenters. The molecule has 1 aromatic rings. The number of rotatable bonds is 3. The molecule has 110 valence electrons. The number of para-hydroxylation sites is 1. The van der Waals surface area contributed by atoms with Gasteiger partial charge in [0.1, 0.15) is 0 Å². The van der Waals surface area contributed by atoms with Crippen LogP contribution in [-0.4, -0.2) is 27.5 Å². The van der Waals surface area contributed by atoms with E-state index < -0.39 is 11.4 Å². The topological polar surface area (TPSA) is 69.6 Å². The number of benzene rings is 1. The predicted octanol–water partition coefficient (Wildman–Crippen LogP) is 3.02. The van der Waals surface area contributed by atoms with Gasteiger partial charge in [-0.2, -0.15) is 0 Å². The van der Waals surface area contributed by atoms with Gasteiger partial charge in [0, 0.05) is 5.88 Å². The molecule has 20 heavy (non-hydrogen) atoms. The summed E-state index contributed by atoms with van der Waals surface area (Å²) in [5, 5.41) is 22.2. The Morgan fingerprint density at radius 2 is 2.05 bits per heavy atom. The number of nitrogens with one attached hydrogen (secondary N) is 1. The van der Waals surface area contributed by atoms with Gasteiger partial charge in [-0.05, 0) is 43.7 Å². The Kier molecular flexibility index (Phi) is 4.43. The van der Waals surface area contributed by atoms with Crippen LogP contribution in [0.2, 0.25) is 0 Å². The Balaban J connectivity index is 2.15. The fourth-order valence-corrected chi connectivity index (χ4v) is 2.96. The second kappa shape index (κ2) is 5.92. The molecule has 1 saturated carbocycles. The second-order valence-electron chi connectivity index (χ2n) is 5.72. The zero-order chi connectivity index (χ0) is 14.8. The lowest BCUT2D eigenvalue weighted by Gasteiger charge is -2.38. The molecule has 0 bridgehead atoms. The van der Waals surface area contributed by atoms with E-state index in [4.69, 9.17) is 11.6 Å². The van der Waals surface area contributed by atoms with Crippen LogP contribution in [0.3, 0.4) is 0 Å². The number of hydrogen-bond acceptors (Lipinski definition) is 3. The first-order valence-corrected chi connectivity index (χ1v) is 7.40. The summed E-state index contributed by atoms with van der Waals surface area (Å²) in [6, 6.07) is 4.35.